The highest BCUT2D eigenvalue weighted by Crippen LogP contribution is 2.34. The SMILES string of the molecule is COc1ccc(NC(=O)c2cnc3c(c2)N([S+](=O)([O-])c2cccnc2)CCC3)cc1OC. The second-order valence-electron chi connectivity index (χ2n) is 7.08. The van der Waals surface area contributed by atoms with Crippen molar-refractivity contribution in [1.82, 2.24) is 9.97 Å². The minimum absolute atomic E-state index is 0.0908. The molecule has 3 heterocycles. The summed E-state index contributed by atoms with van der Waals surface area (Å²) in [7, 11) is -0.789. The first-order valence-electron chi connectivity index (χ1n) is 9.89. The summed E-state index contributed by atoms with van der Waals surface area (Å²) in [5.74, 6) is 0.594. The number of hydrogen-bond donors (Lipinski definition) is 1. The molecule has 1 amide bonds. The molecular formula is C22H22N4O5S. The van der Waals surface area contributed by atoms with E-state index in [1.165, 1.54) is 43.2 Å². The number of carbonyl (C=O) groups is 1. The molecule has 4 rings (SSSR count). The highest BCUT2D eigenvalue weighted by atomic mass is 32.3. The van der Waals surface area contributed by atoms with Gasteiger partial charge in [0.05, 0.1) is 38.2 Å². The average molecular weight is 455 g/mol. The minimum Gasteiger partial charge on any atom is -0.588 e. The van der Waals surface area contributed by atoms with Gasteiger partial charge in [0.2, 0.25) is 0 Å². The van der Waals surface area contributed by atoms with E-state index in [-0.39, 0.29) is 10.5 Å². The fourth-order valence-electron chi connectivity index (χ4n) is 3.52. The summed E-state index contributed by atoms with van der Waals surface area (Å²) in [6.45, 7) is 0.298. The molecule has 3 aromatic rings. The molecule has 0 aliphatic carbocycles. The third-order valence-electron chi connectivity index (χ3n) is 5.12. The maximum absolute atomic E-state index is 13.2. The van der Waals surface area contributed by atoms with Crippen LogP contribution in [0.5, 0.6) is 11.5 Å². The minimum atomic E-state index is -3.82. The number of nitrogens with one attached hydrogen (secondary N) is 1. The van der Waals surface area contributed by atoms with E-state index in [0.717, 1.165) is 0 Å². The van der Waals surface area contributed by atoms with E-state index in [4.69, 9.17) is 9.47 Å². The number of sulfonamides is 1. The van der Waals surface area contributed by atoms with Gasteiger partial charge < -0.3 is 19.3 Å². The predicted octanol–water partition coefficient (Wildman–Crippen LogP) is 3.10. The molecule has 1 aromatic carbocycles. The molecule has 9 nitrogen and oxygen atoms in total. The standard InChI is InChI=1S/C22H22N4O5S/c1-30-20-8-7-16(12-21(20)31-2)25-22(27)15-11-19-18(24-13-15)6-4-10-26(19)32(28,29)17-5-3-9-23-14-17/h3,5,7-9,11-14H,4,6,10H2,1-2H3,(H-,25,27,28,29). The van der Waals surface area contributed by atoms with Crippen molar-refractivity contribution in [2.45, 2.75) is 17.7 Å². The molecule has 0 saturated carbocycles. The predicted molar refractivity (Wildman–Crippen MR) is 119 cm³/mol. The lowest BCUT2D eigenvalue weighted by Crippen LogP contribution is -2.40. The molecule has 1 unspecified atom stereocenters. The topological polar surface area (TPSA) is 117 Å². The van der Waals surface area contributed by atoms with Crippen LogP contribution in [0.2, 0.25) is 0 Å². The molecule has 0 spiro atoms. The van der Waals surface area contributed by atoms with Crippen LogP contribution in [0.1, 0.15) is 22.5 Å². The summed E-state index contributed by atoms with van der Waals surface area (Å²) in [4.78, 5) is 21.3. The zero-order valence-corrected chi connectivity index (χ0v) is 18.4. The fourth-order valence-corrected chi connectivity index (χ4v) is 5.00. The van der Waals surface area contributed by atoms with Gasteiger partial charge >= 0.3 is 0 Å². The summed E-state index contributed by atoms with van der Waals surface area (Å²) in [6, 6.07) is 9.64. The Bertz CT molecular complexity index is 1190. The molecule has 0 radical (unpaired) electrons. The molecule has 32 heavy (non-hydrogen) atoms. The smallest absolute Gasteiger partial charge is 0.257 e. The second-order valence-corrected chi connectivity index (χ2v) is 8.95. The van der Waals surface area contributed by atoms with E-state index < -0.39 is 16.3 Å². The zero-order valence-electron chi connectivity index (χ0n) is 17.6. The average Bonchev–Trinajstić information content (AvgIpc) is 2.83. The van der Waals surface area contributed by atoms with Crippen LogP contribution in [0.4, 0.5) is 11.4 Å². The number of carbonyl (C=O) groups excluding carboxylic acids is 1. The molecule has 0 fully saturated rings. The first-order chi connectivity index (χ1) is 15.4. The second kappa shape index (κ2) is 8.93. The third-order valence-corrected chi connectivity index (χ3v) is 6.91. The Hall–Kier alpha value is -3.50. The van der Waals surface area contributed by atoms with Crippen molar-refractivity contribution in [3.8, 4) is 11.5 Å². The van der Waals surface area contributed by atoms with Gasteiger partial charge in [0.25, 0.3) is 5.91 Å². The van der Waals surface area contributed by atoms with Crippen molar-refractivity contribution in [3.63, 3.8) is 0 Å². The summed E-state index contributed by atoms with van der Waals surface area (Å²) in [6.07, 6.45) is 5.55. The summed E-state index contributed by atoms with van der Waals surface area (Å²) >= 11 is 0. The van der Waals surface area contributed by atoms with Crippen LogP contribution >= 0.6 is 0 Å². The maximum atomic E-state index is 13.2. The number of hydrogen-bond acceptors (Lipinski definition) is 7. The van der Waals surface area contributed by atoms with Crippen molar-refractivity contribution < 1.29 is 23.0 Å². The summed E-state index contributed by atoms with van der Waals surface area (Å²) < 4.78 is 38.1. The number of benzene rings is 1. The third kappa shape index (κ3) is 4.14. The van der Waals surface area contributed by atoms with Crippen LogP contribution in [0.15, 0.2) is 59.9 Å². The lowest BCUT2D eigenvalue weighted by Gasteiger charge is -2.32. The van der Waals surface area contributed by atoms with E-state index >= 15 is 0 Å². The largest absolute Gasteiger partial charge is 0.588 e. The van der Waals surface area contributed by atoms with Gasteiger partial charge in [0.1, 0.15) is 5.69 Å². The van der Waals surface area contributed by atoms with E-state index in [0.29, 0.717) is 48.0 Å². The number of rotatable bonds is 6. The molecule has 1 aliphatic heterocycles. The Labute approximate surface area is 186 Å². The lowest BCUT2D eigenvalue weighted by molar-refractivity contribution is 0.102. The molecule has 0 saturated heterocycles. The van der Waals surface area contributed by atoms with Gasteiger partial charge in [-0.15, -0.1) is 0 Å². The van der Waals surface area contributed by atoms with Crippen LogP contribution in [-0.4, -0.2) is 41.2 Å². The quantitative estimate of drug-likeness (QED) is 0.569. The van der Waals surface area contributed by atoms with Crippen LogP contribution in [0.25, 0.3) is 0 Å². The summed E-state index contributed by atoms with van der Waals surface area (Å²) in [5.41, 5.74) is 1.78. The number of fused-ring (bicyclic) bond motifs is 1. The Kier molecular flexibility index (Phi) is 6.06. The number of anilines is 2. The maximum Gasteiger partial charge on any atom is 0.257 e. The number of methoxy groups -OCH3 is 2. The van der Waals surface area contributed by atoms with Gasteiger partial charge in [-0.2, -0.15) is 4.31 Å². The van der Waals surface area contributed by atoms with Gasteiger partial charge in [0.15, 0.2) is 26.8 Å². The van der Waals surface area contributed by atoms with E-state index in [1.54, 1.807) is 30.3 Å². The van der Waals surface area contributed by atoms with Gasteiger partial charge in [0, 0.05) is 24.1 Å². The van der Waals surface area contributed by atoms with Crippen molar-refractivity contribution >= 4 is 27.7 Å². The van der Waals surface area contributed by atoms with Gasteiger partial charge in [-0.1, -0.05) is 4.21 Å². The first kappa shape index (κ1) is 21.7. The van der Waals surface area contributed by atoms with Gasteiger partial charge in [-0.05, 0) is 43.2 Å². The fraction of sp³-hybridized carbons (Fsp3) is 0.227. The van der Waals surface area contributed by atoms with Gasteiger partial charge in [-0.25, -0.2) is 0 Å². The number of nitrogens with zero attached hydrogens (tertiary/aromatic N) is 3. The molecule has 2 aromatic heterocycles. The highest BCUT2D eigenvalue weighted by molar-refractivity contribution is 7.99. The van der Waals surface area contributed by atoms with Crippen molar-refractivity contribution in [1.29, 1.82) is 0 Å². The molecule has 10 heteroatoms. The summed E-state index contributed by atoms with van der Waals surface area (Å²) in [5, 5.41) is 2.78. The van der Waals surface area contributed by atoms with E-state index in [9.17, 15) is 13.6 Å². The van der Waals surface area contributed by atoms with Crippen molar-refractivity contribution in [2.24, 2.45) is 0 Å². The zero-order chi connectivity index (χ0) is 22.7. The number of aryl methyl sites for hydroxylation is 1. The molecule has 1 N–H and O–H groups in total. The Morgan fingerprint density at radius 2 is 1.97 bits per heavy atom. The van der Waals surface area contributed by atoms with Crippen molar-refractivity contribution in [2.75, 3.05) is 30.4 Å². The van der Waals surface area contributed by atoms with Gasteiger partial charge in [-0.3, -0.25) is 14.8 Å². The normalized spacial score (nSPS) is 14.8. The first-order valence-corrected chi connectivity index (χ1v) is 11.3. The molecule has 1 aliphatic rings. The highest BCUT2D eigenvalue weighted by Gasteiger charge is 2.35. The number of aromatic nitrogens is 2. The number of ether oxygens (including phenoxy) is 2. The van der Waals surface area contributed by atoms with Crippen LogP contribution in [0, 0.1) is 0 Å². The van der Waals surface area contributed by atoms with Crippen LogP contribution in [0.3, 0.4) is 0 Å². The molecule has 1 atom stereocenters. The van der Waals surface area contributed by atoms with Crippen LogP contribution < -0.4 is 19.1 Å². The Balaban J connectivity index is 1.63. The number of amides is 1. The Morgan fingerprint density at radius 3 is 2.69 bits per heavy atom. The van der Waals surface area contributed by atoms with E-state index in [2.05, 4.69) is 15.3 Å². The molecule has 166 valence electrons. The Morgan fingerprint density at radius 1 is 1.16 bits per heavy atom. The van der Waals surface area contributed by atoms with E-state index in [1.807, 2.05) is 0 Å². The number of pyridine rings is 2. The van der Waals surface area contributed by atoms with Crippen LogP contribution in [-0.2, 0) is 21.0 Å². The lowest BCUT2D eigenvalue weighted by atomic mass is 10.1. The monoisotopic (exact) mass is 454 g/mol. The molecule has 0 bridgehead atoms. The molecular weight excluding hydrogens is 432 g/mol. The van der Waals surface area contributed by atoms with Crippen molar-refractivity contribution in [3.05, 3.63) is 66.2 Å².